The first-order valence-electron chi connectivity index (χ1n) is 8.00. The van der Waals surface area contributed by atoms with Gasteiger partial charge in [-0.25, -0.2) is 4.79 Å². The van der Waals surface area contributed by atoms with Crippen molar-refractivity contribution in [1.29, 1.82) is 0 Å². The monoisotopic (exact) mass is 421 g/mol. The van der Waals surface area contributed by atoms with Crippen LogP contribution in [0.1, 0.15) is 5.76 Å². The Labute approximate surface area is 169 Å². The molecule has 0 unspecified atom stereocenters. The lowest BCUT2D eigenvalue weighted by Gasteiger charge is -2.06. The Balaban J connectivity index is 1.52. The molecule has 3 aromatic rings. The van der Waals surface area contributed by atoms with E-state index in [0.717, 1.165) is 0 Å². The highest BCUT2D eigenvalue weighted by molar-refractivity contribution is 6.43. The van der Waals surface area contributed by atoms with Gasteiger partial charge in [-0.2, -0.15) is 0 Å². The molecule has 2 aromatic carbocycles. The van der Waals surface area contributed by atoms with E-state index in [4.69, 9.17) is 37.1 Å². The van der Waals surface area contributed by atoms with Gasteiger partial charge in [0.25, 0.3) is 5.69 Å². The van der Waals surface area contributed by atoms with Crippen molar-refractivity contribution in [3.05, 3.63) is 80.5 Å². The Morgan fingerprint density at radius 3 is 2.54 bits per heavy atom. The van der Waals surface area contributed by atoms with Crippen molar-refractivity contribution in [1.82, 2.24) is 0 Å². The first kappa shape index (κ1) is 19.7. The lowest BCUT2D eigenvalue weighted by molar-refractivity contribution is -0.384. The SMILES string of the molecule is O=C(COc1ccc([N+](=O)[O-])cc1)OCc1ccc(-c2cccc(Cl)c2Cl)o1. The highest BCUT2D eigenvalue weighted by atomic mass is 35.5. The van der Waals surface area contributed by atoms with Crippen molar-refractivity contribution >= 4 is 34.9 Å². The molecule has 3 rings (SSSR count). The second kappa shape index (κ2) is 8.77. The number of nitrogens with zero attached hydrogens (tertiary/aromatic N) is 1. The van der Waals surface area contributed by atoms with Gasteiger partial charge in [-0.15, -0.1) is 0 Å². The number of ether oxygens (including phenoxy) is 2. The highest BCUT2D eigenvalue weighted by Gasteiger charge is 2.13. The van der Waals surface area contributed by atoms with Crippen LogP contribution in [0, 0.1) is 10.1 Å². The zero-order valence-corrected chi connectivity index (χ0v) is 15.8. The number of esters is 1. The summed E-state index contributed by atoms with van der Waals surface area (Å²) in [5.74, 6) is 0.630. The van der Waals surface area contributed by atoms with E-state index in [1.54, 1.807) is 30.3 Å². The summed E-state index contributed by atoms with van der Waals surface area (Å²) in [7, 11) is 0. The molecular weight excluding hydrogens is 409 g/mol. The van der Waals surface area contributed by atoms with Gasteiger partial charge in [-0.3, -0.25) is 10.1 Å². The van der Waals surface area contributed by atoms with Gasteiger partial charge in [-0.1, -0.05) is 29.3 Å². The Bertz CT molecular complexity index is 1000. The van der Waals surface area contributed by atoms with Gasteiger partial charge in [-0.05, 0) is 36.4 Å². The highest BCUT2D eigenvalue weighted by Crippen LogP contribution is 2.34. The van der Waals surface area contributed by atoms with E-state index in [1.165, 1.54) is 24.3 Å². The van der Waals surface area contributed by atoms with E-state index >= 15 is 0 Å². The largest absolute Gasteiger partial charge is 0.482 e. The summed E-state index contributed by atoms with van der Waals surface area (Å²) < 4.78 is 16.0. The molecule has 0 aliphatic rings. The summed E-state index contributed by atoms with van der Waals surface area (Å²) in [6, 6.07) is 13.9. The molecular formula is C19H13Cl2NO6. The maximum atomic E-state index is 11.8. The Kier molecular flexibility index (Phi) is 6.18. The molecule has 0 saturated heterocycles. The zero-order chi connectivity index (χ0) is 20.1. The predicted molar refractivity (Wildman–Crippen MR) is 103 cm³/mol. The minimum Gasteiger partial charge on any atom is -0.482 e. The van der Waals surface area contributed by atoms with Crippen LogP contribution in [0.5, 0.6) is 5.75 Å². The quantitative estimate of drug-likeness (QED) is 0.292. The number of carbonyl (C=O) groups is 1. The van der Waals surface area contributed by atoms with Gasteiger partial charge in [0.1, 0.15) is 23.9 Å². The molecule has 0 saturated carbocycles. The molecule has 0 aliphatic carbocycles. The summed E-state index contributed by atoms with van der Waals surface area (Å²) in [6.07, 6.45) is 0. The van der Waals surface area contributed by atoms with Crippen LogP contribution >= 0.6 is 23.2 Å². The second-order valence-electron chi connectivity index (χ2n) is 5.57. The zero-order valence-electron chi connectivity index (χ0n) is 14.3. The Hall–Kier alpha value is -3.03. The molecule has 28 heavy (non-hydrogen) atoms. The molecule has 0 fully saturated rings. The van der Waals surface area contributed by atoms with Gasteiger partial charge >= 0.3 is 5.97 Å². The smallest absolute Gasteiger partial charge is 0.344 e. The van der Waals surface area contributed by atoms with E-state index in [1.807, 2.05) is 0 Å². The fourth-order valence-electron chi connectivity index (χ4n) is 2.29. The normalized spacial score (nSPS) is 10.5. The maximum absolute atomic E-state index is 11.8. The first-order valence-corrected chi connectivity index (χ1v) is 8.75. The fourth-order valence-corrected chi connectivity index (χ4v) is 2.69. The maximum Gasteiger partial charge on any atom is 0.344 e. The molecule has 0 bridgehead atoms. The Morgan fingerprint density at radius 2 is 1.82 bits per heavy atom. The molecule has 0 radical (unpaired) electrons. The average molecular weight is 422 g/mol. The van der Waals surface area contributed by atoms with Gasteiger partial charge in [0.05, 0.1) is 15.0 Å². The summed E-state index contributed by atoms with van der Waals surface area (Å²) in [6.45, 7) is -0.424. The molecule has 0 spiro atoms. The van der Waals surface area contributed by atoms with Crippen LogP contribution in [0.4, 0.5) is 5.69 Å². The standard InChI is InChI=1S/C19H13Cl2NO6/c20-16-3-1-2-15(19(16)21)17-9-8-14(28-17)10-27-18(23)11-26-13-6-4-12(5-7-13)22(24)25/h1-9H,10-11H2. The van der Waals surface area contributed by atoms with Crippen LogP contribution in [0.3, 0.4) is 0 Å². The first-order chi connectivity index (χ1) is 13.4. The number of benzene rings is 2. The number of furan rings is 1. The van der Waals surface area contributed by atoms with E-state index in [2.05, 4.69) is 0 Å². The van der Waals surface area contributed by atoms with Crippen LogP contribution < -0.4 is 4.74 Å². The molecule has 0 N–H and O–H groups in total. The number of hydrogen-bond acceptors (Lipinski definition) is 6. The van der Waals surface area contributed by atoms with Crippen molar-refractivity contribution in [2.24, 2.45) is 0 Å². The number of non-ortho nitro benzene ring substituents is 1. The molecule has 7 nitrogen and oxygen atoms in total. The number of nitro benzene ring substituents is 1. The number of nitro groups is 1. The van der Waals surface area contributed by atoms with Gasteiger partial charge < -0.3 is 13.9 Å². The Morgan fingerprint density at radius 1 is 1.07 bits per heavy atom. The van der Waals surface area contributed by atoms with Crippen LogP contribution in [0.2, 0.25) is 10.0 Å². The molecule has 0 amide bonds. The van der Waals surface area contributed by atoms with E-state index in [0.29, 0.717) is 32.9 Å². The number of hydrogen-bond donors (Lipinski definition) is 0. The molecule has 1 aromatic heterocycles. The third kappa shape index (κ3) is 4.82. The molecule has 0 atom stereocenters. The fraction of sp³-hybridized carbons (Fsp3) is 0.105. The van der Waals surface area contributed by atoms with Gasteiger partial charge in [0, 0.05) is 17.7 Å². The molecule has 9 heteroatoms. The van der Waals surface area contributed by atoms with Crippen molar-refractivity contribution in [2.45, 2.75) is 6.61 Å². The summed E-state index contributed by atoms with van der Waals surface area (Å²) in [5.41, 5.74) is 0.566. The van der Waals surface area contributed by atoms with E-state index in [-0.39, 0.29) is 18.9 Å². The van der Waals surface area contributed by atoms with Crippen LogP contribution in [0.25, 0.3) is 11.3 Å². The van der Waals surface area contributed by atoms with Crippen LogP contribution in [-0.2, 0) is 16.1 Å². The minimum absolute atomic E-state index is 0.0663. The third-order valence-electron chi connectivity index (χ3n) is 3.66. The number of rotatable bonds is 7. The molecule has 1 heterocycles. The minimum atomic E-state index is -0.614. The number of halogens is 2. The second-order valence-corrected chi connectivity index (χ2v) is 6.35. The molecule has 144 valence electrons. The van der Waals surface area contributed by atoms with Gasteiger partial charge in [0.15, 0.2) is 6.61 Å². The van der Waals surface area contributed by atoms with E-state index in [9.17, 15) is 14.9 Å². The van der Waals surface area contributed by atoms with Crippen LogP contribution in [0.15, 0.2) is 59.0 Å². The summed E-state index contributed by atoms with van der Waals surface area (Å²) >= 11 is 12.2. The molecule has 0 aliphatic heterocycles. The lowest BCUT2D eigenvalue weighted by atomic mass is 10.2. The number of carbonyl (C=O) groups excluding carboxylic acids is 1. The lowest BCUT2D eigenvalue weighted by Crippen LogP contribution is -2.14. The van der Waals surface area contributed by atoms with Crippen LogP contribution in [-0.4, -0.2) is 17.5 Å². The van der Waals surface area contributed by atoms with Crippen molar-refractivity contribution < 1.29 is 23.6 Å². The van der Waals surface area contributed by atoms with Crippen molar-refractivity contribution in [3.63, 3.8) is 0 Å². The van der Waals surface area contributed by atoms with E-state index < -0.39 is 10.9 Å². The predicted octanol–water partition coefficient (Wildman–Crippen LogP) is 5.28. The topological polar surface area (TPSA) is 91.8 Å². The third-order valence-corrected chi connectivity index (χ3v) is 4.48. The van der Waals surface area contributed by atoms with Crippen molar-refractivity contribution in [3.8, 4) is 17.1 Å². The summed E-state index contributed by atoms with van der Waals surface area (Å²) in [5, 5.41) is 11.4. The van der Waals surface area contributed by atoms with Crippen molar-refractivity contribution in [2.75, 3.05) is 6.61 Å². The average Bonchev–Trinajstić information content (AvgIpc) is 3.16. The summed E-state index contributed by atoms with van der Waals surface area (Å²) in [4.78, 5) is 21.9. The van der Waals surface area contributed by atoms with Gasteiger partial charge in [0.2, 0.25) is 0 Å².